The molecule has 168 valence electrons. The summed E-state index contributed by atoms with van der Waals surface area (Å²) in [5, 5.41) is 6.77. The molecule has 1 heterocycles. The second kappa shape index (κ2) is 12.7. The number of guanidine groups is 1. The molecule has 5 nitrogen and oxygen atoms in total. The summed E-state index contributed by atoms with van der Waals surface area (Å²) in [6.07, 6.45) is 3.44. The number of carbonyl (C=O) groups excluding carboxylic acids is 1. The molecule has 0 spiro atoms. The van der Waals surface area contributed by atoms with Gasteiger partial charge in [0, 0.05) is 38.8 Å². The van der Waals surface area contributed by atoms with E-state index in [0.717, 1.165) is 49.6 Å². The van der Waals surface area contributed by atoms with Crippen molar-refractivity contribution in [1.29, 1.82) is 0 Å². The van der Waals surface area contributed by atoms with Gasteiger partial charge in [-0.2, -0.15) is 0 Å². The molecule has 31 heavy (non-hydrogen) atoms. The van der Waals surface area contributed by atoms with Crippen molar-refractivity contribution in [2.75, 3.05) is 26.7 Å². The first-order valence-electron chi connectivity index (χ1n) is 11.0. The fourth-order valence-electron chi connectivity index (χ4n) is 3.76. The molecule has 0 aliphatic carbocycles. The van der Waals surface area contributed by atoms with E-state index in [9.17, 15) is 4.79 Å². The summed E-state index contributed by atoms with van der Waals surface area (Å²) >= 11 is 0. The molecule has 1 saturated heterocycles. The molecule has 1 amide bonds. The van der Waals surface area contributed by atoms with Crippen LogP contribution in [0.1, 0.15) is 59.2 Å². The predicted molar refractivity (Wildman–Crippen MR) is 139 cm³/mol. The van der Waals surface area contributed by atoms with Crippen LogP contribution in [0.2, 0.25) is 0 Å². The number of nitrogens with one attached hydrogen (secondary N) is 2. The molecule has 0 radical (unpaired) electrons. The molecule has 2 aromatic carbocycles. The Morgan fingerprint density at radius 3 is 2.45 bits per heavy atom. The number of rotatable bonds is 6. The van der Waals surface area contributed by atoms with E-state index in [1.807, 2.05) is 29.2 Å². The fraction of sp³-hybridized carbons (Fsp3) is 0.440. The average Bonchev–Trinajstić information content (AvgIpc) is 2.79. The second-order valence-corrected chi connectivity index (χ2v) is 8.17. The Labute approximate surface area is 203 Å². The van der Waals surface area contributed by atoms with Crippen LogP contribution < -0.4 is 10.6 Å². The zero-order valence-corrected chi connectivity index (χ0v) is 21.2. The van der Waals surface area contributed by atoms with Gasteiger partial charge >= 0.3 is 0 Å². The molecule has 1 fully saturated rings. The number of carbonyl (C=O) groups is 1. The highest BCUT2D eigenvalue weighted by Gasteiger charge is 2.18. The summed E-state index contributed by atoms with van der Waals surface area (Å²) in [5.41, 5.74) is 4.43. The van der Waals surface area contributed by atoms with Crippen molar-refractivity contribution in [2.24, 2.45) is 4.99 Å². The Morgan fingerprint density at radius 1 is 1.06 bits per heavy atom. The standard InChI is InChI=1S/C25H34N4O.HI/c1-19-10-12-22(13-11-19)20(2)17-27-25(26-3)28-18-21-8-7-9-23(16-21)24(30)29-14-5-4-6-15-29;/h7-13,16,20H,4-6,14-15,17-18H2,1-3H3,(H2,26,27,28);1H. The maximum Gasteiger partial charge on any atom is 0.253 e. The molecule has 1 unspecified atom stereocenters. The van der Waals surface area contributed by atoms with Crippen molar-refractivity contribution >= 4 is 35.8 Å². The Morgan fingerprint density at radius 2 is 1.77 bits per heavy atom. The number of aryl methyl sites for hydroxylation is 1. The van der Waals surface area contributed by atoms with Gasteiger partial charge in [0.1, 0.15) is 0 Å². The van der Waals surface area contributed by atoms with Crippen LogP contribution in [0.5, 0.6) is 0 Å². The first-order valence-corrected chi connectivity index (χ1v) is 11.0. The zero-order valence-electron chi connectivity index (χ0n) is 18.9. The third-order valence-electron chi connectivity index (χ3n) is 5.72. The molecule has 0 bridgehead atoms. The van der Waals surface area contributed by atoms with Crippen molar-refractivity contribution in [1.82, 2.24) is 15.5 Å². The van der Waals surface area contributed by atoms with Crippen LogP contribution in [-0.2, 0) is 6.54 Å². The maximum atomic E-state index is 12.7. The number of halogens is 1. The van der Waals surface area contributed by atoms with Crippen molar-refractivity contribution in [3.63, 3.8) is 0 Å². The lowest BCUT2D eigenvalue weighted by molar-refractivity contribution is 0.0724. The lowest BCUT2D eigenvalue weighted by Crippen LogP contribution is -2.38. The fourth-order valence-corrected chi connectivity index (χ4v) is 3.76. The number of nitrogens with zero attached hydrogens (tertiary/aromatic N) is 2. The van der Waals surface area contributed by atoms with E-state index in [0.29, 0.717) is 12.5 Å². The topological polar surface area (TPSA) is 56.7 Å². The third kappa shape index (κ3) is 7.52. The van der Waals surface area contributed by atoms with Crippen LogP contribution >= 0.6 is 24.0 Å². The van der Waals surface area contributed by atoms with Crippen molar-refractivity contribution < 1.29 is 4.79 Å². The van der Waals surface area contributed by atoms with Gasteiger partial charge < -0.3 is 15.5 Å². The highest BCUT2D eigenvalue weighted by Crippen LogP contribution is 2.15. The van der Waals surface area contributed by atoms with E-state index in [4.69, 9.17) is 0 Å². The van der Waals surface area contributed by atoms with Gasteiger partial charge in [-0.15, -0.1) is 24.0 Å². The summed E-state index contributed by atoms with van der Waals surface area (Å²) in [7, 11) is 1.78. The Balaban J connectivity index is 0.00000341. The van der Waals surface area contributed by atoms with Gasteiger partial charge in [0.05, 0.1) is 0 Å². The summed E-state index contributed by atoms with van der Waals surface area (Å²) in [6.45, 7) is 7.48. The lowest BCUT2D eigenvalue weighted by atomic mass is 10.0. The number of hydrogen-bond donors (Lipinski definition) is 2. The Bertz CT molecular complexity index is 860. The summed E-state index contributed by atoms with van der Waals surface area (Å²) < 4.78 is 0. The molecule has 1 aliphatic heterocycles. The van der Waals surface area contributed by atoms with E-state index in [2.05, 4.69) is 53.7 Å². The predicted octanol–water partition coefficient (Wildman–Crippen LogP) is 4.71. The molecule has 0 aromatic heterocycles. The third-order valence-corrected chi connectivity index (χ3v) is 5.72. The van der Waals surface area contributed by atoms with Crippen molar-refractivity contribution in [3.05, 3.63) is 70.8 Å². The summed E-state index contributed by atoms with van der Waals surface area (Å²) in [6, 6.07) is 16.6. The number of amides is 1. The first-order chi connectivity index (χ1) is 14.6. The minimum Gasteiger partial charge on any atom is -0.356 e. The minimum absolute atomic E-state index is 0. The highest BCUT2D eigenvalue weighted by molar-refractivity contribution is 14.0. The van der Waals surface area contributed by atoms with Gasteiger partial charge in [-0.05, 0) is 55.4 Å². The maximum absolute atomic E-state index is 12.7. The Kier molecular flexibility index (Phi) is 10.3. The molecule has 2 aromatic rings. The van der Waals surface area contributed by atoms with E-state index in [-0.39, 0.29) is 29.9 Å². The first kappa shape index (κ1) is 25.2. The quantitative estimate of drug-likeness (QED) is 0.321. The van der Waals surface area contributed by atoms with E-state index in [1.54, 1.807) is 7.05 Å². The molecule has 1 aliphatic rings. The average molecular weight is 534 g/mol. The Hall–Kier alpha value is -2.09. The van der Waals surface area contributed by atoms with Gasteiger partial charge in [-0.25, -0.2) is 0 Å². The largest absolute Gasteiger partial charge is 0.356 e. The molecular weight excluding hydrogens is 499 g/mol. The number of hydrogen-bond acceptors (Lipinski definition) is 2. The van der Waals surface area contributed by atoms with Crippen LogP contribution in [0.3, 0.4) is 0 Å². The summed E-state index contributed by atoms with van der Waals surface area (Å²) in [5.74, 6) is 1.29. The van der Waals surface area contributed by atoms with Crippen LogP contribution in [-0.4, -0.2) is 43.4 Å². The number of likely N-dealkylation sites (tertiary alicyclic amines) is 1. The molecule has 6 heteroatoms. The van der Waals surface area contributed by atoms with Gasteiger partial charge in [0.25, 0.3) is 5.91 Å². The SMILES string of the molecule is CN=C(NCc1cccc(C(=O)N2CCCCC2)c1)NCC(C)c1ccc(C)cc1.I. The molecule has 1 atom stereocenters. The molecule has 2 N–H and O–H groups in total. The van der Waals surface area contributed by atoms with E-state index in [1.165, 1.54) is 17.5 Å². The lowest BCUT2D eigenvalue weighted by Gasteiger charge is -2.26. The van der Waals surface area contributed by atoms with Gasteiger partial charge in [0.2, 0.25) is 0 Å². The van der Waals surface area contributed by atoms with Crippen LogP contribution in [0.15, 0.2) is 53.5 Å². The van der Waals surface area contributed by atoms with Crippen LogP contribution in [0, 0.1) is 6.92 Å². The van der Waals surface area contributed by atoms with Gasteiger partial charge in [-0.3, -0.25) is 9.79 Å². The second-order valence-electron chi connectivity index (χ2n) is 8.17. The number of piperidine rings is 1. The van der Waals surface area contributed by atoms with Crippen LogP contribution in [0.25, 0.3) is 0 Å². The zero-order chi connectivity index (χ0) is 21.3. The number of aliphatic imine (C=N–C) groups is 1. The molecular formula is C25H35IN4O. The van der Waals surface area contributed by atoms with Crippen LogP contribution in [0.4, 0.5) is 0 Å². The van der Waals surface area contributed by atoms with Gasteiger partial charge in [-0.1, -0.05) is 48.9 Å². The monoisotopic (exact) mass is 534 g/mol. The molecule has 3 rings (SSSR count). The summed E-state index contributed by atoms with van der Waals surface area (Å²) in [4.78, 5) is 19.1. The van der Waals surface area contributed by atoms with Crippen molar-refractivity contribution in [3.8, 4) is 0 Å². The molecule has 0 saturated carbocycles. The van der Waals surface area contributed by atoms with E-state index >= 15 is 0 Å². The highest BCUT2D eigenvalue weighted by atomic mass is 127. The van der Waals surface area contributed by atoms with E-state index < -0.39 is 0 Å². The van der Waals surface area contributed by atoms with Crippen molar-refractivity contribution in [2.45, 2.75) is 45.6 Å². The van der Waals surface area contributed by atoms with Gasteiger partial charge in [0.15, 0.2) is 5.96 Å². The smallest absolute Gasteiger partial charge is 0.253 e. The minimum atomic E-state index is 0. The normalized spacial score (nSPS) is 15.1. The number of benzene rings is 2.